The zero-order valence-corrected chi connectivity index (χ0v) is 8.56. The normalized spacial score (nSPS) is 32.4. The van der Waals surface area contributed by atoms with Crippen LogP contribution in [0, 0.1) is 5.92 Å². The van der Waals surface area contributed by atoms with Crippen LogP contribution in [0.3, 0.4) is 0 Å². The smallest absolute Gasteiger partial charge is 0.150 e. The second-order valence-corrected chi connectivity index (χ2v) is 6.05. The first kappa shape index (κ1) is 10.9. The first-order valence-electron chi connectivity index (χ1n) is 4.52. The van der Waals surface area contributed by atoms with Gasteiger partial charge in [0.1, 0.15) is 6.17 Å². The zero-order valence-electron chi connectivity index (χ0n) is 7.74. The van der Waals surface area contributed by atoms with E-state index >= 15 is 0 Å². The molecular formula is C8H16FNO2S. The Hall–Kier alpha value is -0.160. The zero-order chi connectivity index (χ0) is 10.1. The summed E-state index contributed by atoms with van der Waals surface area (Å²) in [5.74, 6) is -0.219. The Morgan fingerprint density at radius 1 is 1.54 bits per heavy atom. The molecule has 0 aromatic heterocycles. The van der Waals surface area contributed by atoms with Crippen LogP contribution in [0.25, 0.3) is 0 Å². The van der Waals surface area contributed by atoms with E-state index < -0.39 is 28.0 Å². The molecule has 3 unspecified atom stereocenters. The summed E-state index contributed by atoms with van der Waals surface area (Å²) in [5.41, 5.74) is 5.39. The lowest BCUT2D eigenvalue weighted by atomic mass is 9.96. The van der Waals surface area contributed by atoms with Gasteiger partial charge in [0, 0.05) is 12.0 Å². The van der Waals surface area contributed by atoms with Crippen LogP contribution in [0.1, 0.15) is 19.8 Å². The molecule has 1 rings (SSSR count). The number of sulfone groups is 1. The number of halogens is 1. The van der Waals surface area contributed by atoms with Gasteiger partial charge in [-0.1, -0.05) is 0 Å². The highest BCUT2D eigenvalue weighted by Gasteiger charge is 2.32. The summed E-state index contributed by atoms with van der Waals surface area (Å²) in [6, 6.07) is -0.571. The van der Waals surface area contributed by atoms with Gasteiger partial charge in [0.05, 0.1) is 11.5 Å². The van der Waals surface area contributed by atoms with Crippen LogP contribution < -0.4 is 5.73 Å². The van der Waals surface area contributed by atoms with E-state index in [2.05, 4.69) is 0 Å². The third-order valence-electron chi connectivity index (χ3n) is 2.45. The van der Waals surface area contributed by atoms with Crippen LogP contribution in [-0.2, 0) is 9.84 Å². The molecule has 1 aliphatic heterocycles. The summed E-state index contributed by atoms with van der Waals surface area (Å²) >= 11 is 0. The molecule has 0 aromatic carbocycles. The maximum absolute atomic E-state index is 13.4. The van der Waals surface area contributed by atoms with Crippen molar-refractivity contribution >= 4 is 9.84 Å². The van der Waals surface area contributed by atoms with Gasteiger partial charge in [0.25, 0.3) is 0 Å². The molecule has 0 aromatic rings. The Labute approximate surface area is 78.4 Å². The molecule has 1 aliphatic rings. The summed E-state index contributed by atoms with van der Waals surface area (Å²) in [5, 5.41) is 0. The lowest BCUT2D eigenvalue weighted by Crippen LogP contribution is -2.40. The standard InChI is InChI=1S/C8H16FNO2S/c1-6(10)8(9)7-3-2-4-13(11,12)5-7/h6-8H,2-5,10H2,1H3. The molecule has 2 N–H and O–H groups in total. The van der Waals surface area contributed by atoms with Crippen molar-refractivity contribution < 1.29 is 12.8 Å². The highest BCUT2D eigenvalue weighted by atomic mass is 32.2. The number of rotatable bonds is 2. The van der Waals surface area contributed by atoms with E-state index in [1.807, 2.05) is 0 Å². The second kappa shape index (κ2) is 3.92. The Balaban J connectivity index is 2.62. The third kappa shape index (κ3) is 2.91. The number of hydrogen-bond acceptors (Lipinski definition) is 3. The van der Waals surface area contributed by atoms with E-state index in [1.54, 1.807) is 6.92 Å². The summed E-state index contributed by atoms with van der Waals surface area (Å²) in [6.07, 6.45) is 0.0253. The van der Waals surface area contributed by atoms with Crippen molar-refractivity contribution in [1.82, 2.24) is 0 Å². The Morgan fingerprint density at radius 3 is 2.62 bits per heavy atom. The average molecular weight is 209 g/mol. The highest BCUT2D eigenvalue weighted by molar-refractivity contribution is 7.91. The Kier molecular flexibility index (Phi) is 3.29. The molecule has 3 nitrogen and oxygen atoms in total. The van der Waals surface area contributed by atoms with Gasteiger partial charge in [0.2, 0.25) is 0 Å². The van der Waals surface area contributed by atoms with Gasteiger partial charge in [-0.3, -0.25) is 0 Å². The van der Waals surface area contributed by atoms with E-state index in [0.29, 0.717) is 12.8 Å². The van der Waals surface area contributed by atoms with Crippen molar-refractivity contribution in [3.05, 3.63) is 0 Å². The lowest BCUT2D eigenvalue weighted by Gasteiger charge is -2.26. The lowest BCUT2D eigenvalue weighted by molar-refractivity contribution is 0.199. The van der Waals surface area contributed by atoms with Gasteiger partial charge in [-0.2, -0.15) is 0 Å². The molecule has 0 bridgehead atoms. The summed E-state index contributed by atoms with van der Waals surface area (Å²) in [6.45, 7) is 1.58. The number of nitrogens with two attached hydrogens (primary N) is 1. The van der Waals surface area contributed by atoms with Gasteiger partial charge >= 0.3 is 0 Å². The predicted octanol–water partition coefficient (Wildman–Crippen LogP) is 0.497. The molecule has 0 spiro atoms. The van der Waals surface area contributed by atoms with E-state index in [1.165, 1.54) is 0 Å². The molecule has 1 heterocycles. The van der Waals surface area contributed by atoms with Crippen molar-refractivity contribution in [2.75, 3.05) is 11.5 Å². The van der Waals surface area contributed by atoms with Crippen LogP contribution in [0.15, 0.2) is 0 Å². The van der Waals surface area contributed by atoms with Gasteiger partial charge in [0.15, 0.2) is 9.84 Å². The molecule has 0 aliphatic carbocycles. The first-order valence-corrected chi connectivity index (χ1v) is 6.34. The van der Waals surface area contributed by atoms with Crippen LogP contribution in [0.5, 0.6) is 0 Å². The summed E-state index contributed by atoms with van der Waals surface area (Å²) in [4.78, 5) is 0. The quantitative estimate of drug-likeness (QED) is 0.720. The van der Waals surface area contributed by atoms with Crippen LogP contribution in [-0.4, -0.2) is 32.1 Å². The summed E-state index contributed by atoms with van der Waals surface area (Å²) < 4.78 is 35.7. The van der Waals surface area contributed by atoms with Gasteiger partial charge in [-0.05, 0) is 19.8 Å². The molecule has 0 radical (unpaired) electrons. The third-order valence-corrected chi connectivity index (χ3v) is 4.30. The minimum absolute atomic E-state index is 0.0320. The molecule has 0 amide bonds. The van der Waals surface area contributed by atoms with Crippen molar-refractivity contribution in [2.24, 2.45) is 11.7 Å². The number of alkyl halides is 1. The van der Waals surface area contributed by atoms with Gasteiger partial charge in [-0.25, -0.2) is 12.8 Å². The first-order chi connectivity index (χ1) is 5.92. The average Bonchev–Trinajstić information content (AvgIpc) is 2.01. The topological polar surface area (TPSA) is 60.2 Å². The highest BCUT2D eigenvalue weighted by Crippen LogP contribution is 2.24. The molecular weight excluding hydrogens is 193 g/mol. The monoisotopic (exact) mass is 209 g/mol. The Morgan fingerprint density at radius 2 is 2.15 bits per heavy atom. The molecule has 13 heavy (non-hydrogen) atoms. The van der Waals surface area contributed by atoms with Gasteiger partial charge < -0.3 is 5.73 Å². The van der Waals surface area contributed by atoms with Gasteiger partial charge in [-0.15, -0.1) is 0 Å². The molecule has 5 heteroatoms. The second-order valence-electron chi connectivity index (χ2n) is 3.82. The Bertz CT molecular complexity index is 263. The fourth-order valence-corrected chi connectivity index (χ4v) is 3.51. The van der Waals surface area contributed by atoms with E-state index in [9.17, 15) is 12.8 Å². The summed E-state index contributed by atoms with van der Waals surface area (Å²) in [7, 11) is -3.01. The predicted molar refractivity (Wildman–Crippen MR) is 49.9 cm³/mol. The molecule has 0 saturated carbocycles. The van der Waals surface area contributed by atoms with E-state index in [4.69, 9.17) is 5.73 Å². The van der Waals surface area contributed by atoms with Crippen molar-refractivity contribution in [1.29, 1.82) is 0 Å². The maximum atomic E-state index is 13.4. The molecule has 1 fully saturated rings. The number of hydrogen-bond donors (Lipinski definition) is 1. The van der Waals surface area contributed by atoms with Crippen molar-refractivity contribution in [3.63, 3.8) is 0 Å². The van der Waals surface area contributed by atoms with Crippen LogP contribution in [0.4, 0.5) is 4.39 Å². The largest absolute Gasteiger partial charge is 0.325 e. The van der Waals surface area contributed by atoms with E-state index in [0.717, 1.165) is 0 Å². The fourth-order valence-electron chi connectivity index (χ4n) is 1.74. The van der Waals surface area contributed by atoms with Crippen molar-refractivity contribution in [2.45, 2.75) is 32.0 Å². The van der Waals surface area contributed by atoms with Crippen LogP contribution >= 0.6 is 0 Å². The minimum atomic E-state index is -3.01. The van der Waals surface area contributed by atoms with Crippen molar-refractivity contribution in [3.8, 4) is 0 Å². The minimum Gasteiger partial charge on any atom is -0.325 e. The molecule has 78 valence electrons. The molecule has 3 atom stereocenters. The fraction of sp³-hybridized carbons (Fsp3) is 1.00. The SMILES string of the molecule is CC(N)C(F)C1CCCS(=O)(=O)C1. The molecule has 1 saturated heterocycles. The van der Waals surface area contributed by atoms with E-state index in [-0.39, 0.29) is 11.5 Å². The maximum Gasteiger partial charge on any atom is 0.150 e. The van der Waals surface area contributed by atoms with Crippen LogP contribution in [0.2, 0.25) is 0 Å².